The molecule has 7 heteroatoms. The quantitative estimate of drug-likeness (QED) is 0.0865. The lowest BCUT2D eigenvalue weighted by molar-refractivity contribution is 0.588. The number of imidazole rings is 1. The van der Waals surface area contributed by atoms with E-state index in [1.165, 1.54) is 97.1 Å². The third kappa shape index (κ3) is 9.57. The first-order valence-corrected chi connectivity index (χ1v) is 43.7. The van der Waals surface area contributed by atoms with Crippen LogP contribution in [-0.2, 0) is 0 Å². The predicted octanol–water partition coefficient (Wildman–Crippen LogP) is 29.5. The second kappa shape index (κ2) is 24.8. The number of pyridine rings is 2. The van der Waals surface area contributed by atoms with Gasteiger partial charge in [-0.2, -0.15) is 0 Å². The molecule has 0 spiro atoms. The van der Waals surface area contributed by atoms with Crippen LogP contribution >= 0.6 is 22.6 Å². The molecule has 1 aliphatic carbocycles. The summed E-state index contributed by atoms with van der Waals surface area (Å²) < 4.78 is 4.31. The Morgan fingerprint density at radius 3 is 1.38 bits per heavy atom. The molecule has 4 heterocycles. The van der Waals surface area contributed by atoms with Crippen LogP contribution in [0.3, 0.4) is 0 Å². The summed E-state index contributed by atoms with van der Waals surface area (Å²) in [5.74, 6) is 0. The fraction of sp³-hybridized carbons (Fsp3) is 0.0345. The lowest BCUT2D eigenvalue weighted by Crippen LogP contribution is -2.35. The molecule has 1 aliphatic heterocycles. The molecular weight excluding hydrogens is 1610 g/mol. The summed E-state index contributed by atoms with van der Waals surface area (Å²) in [6.07, 6.45) is 4.68. The summed E-state index contributed by atoms with van der Waals surface area (Å²) in [6, 6.07) is 126. The molecule has 0 radical (unpaired) electrons. The van der Waals surface area contributed by atoms with E-state index in [0.29, 0.717) is 25.8 Å². The topological polar surface area (TPSA) is 68.7 Å². The molecule has 6 nitrogen and oxygen atoms in total. The summed E-state index contributed by atoms with van der Waals surface area (Å²) in [4.78, 5) is 43.4. The van der Waals surface area contributed by atoms with E-state index in [2.05, 4.69) is 369 Å². The zero-order chi connectivity index (χ0) is 80.6. The molecule has 123 heavy (non-hydrogen) atoms. The van der Waals surface area contributed by atoms with Gasteiger partial charge in [0, 0.05) is 41.8 Å². The van der Waals surface area contributed by atoms with Crippen molar-refractivity contribution in [2.75, 3.05) is 0 Å². The van der Waals surface area contributed by atoms with Crippen LogP contribution in [0.1, 0.15) is 33.6 Å². The van der Waals surface area contributed by atoms with Crippen molar-refractivity contribution in [3.8, 4) is 55.6 Å². The van der Waals surface area contributed by atoms with Crippen molar-refractivity contribution in [2.24, 2.45) is 4.99 Å². The minimum atomic E-state index is -0.419. The molecule has 0 saturated carbocycles. The van der Waals surface area contributed by atoms with Gasteiger partial charge in [0.1, 0.15) is 17.2 Å². The zero-order valence-corrected chi connectivity index (χ0v) is 68.4. The fourth-order valence-corrected chi connectivity index (χ4v) is 22.7. The van der Waals surface area contributed by atoms with Crippen molar-refractivity contribution in [3.63, 3.8) is 0 Å². The van der Waals surface area contributed by atoms with E-state index >= 15 is 9.59 Å². The van der Waals surface area contributed by atoms with Crippen LogP contribution in [0.2, 0.25) is 0 Å². The average molecular weight is 1670 g/mol. The maximum atomic E-state index is 16.1. The Morgan fingerprint density at radius 1 is 0.301 bits per heavy atom. The summed E-state index contributed by atoms with van der Waals surface area (Å²) in [6.45, 7) is 2.25. The van der Waals surface area contributed by atoms with Crippen molar-refractivity contribution in [2.45, 2.75) is 22.9 Å². The summed E-state index contributed by atoms with van der Waals surface area (Å²) >= 11 is 2.52. The van der Waals surface area contributed by atoms with Gasteiger partial charge in [0.25, 0.3) is 11.1 Å². The smallest absolute Gasteiger partial charge is 0.264 e. The molecule has 0 N–H and O–H groups in total. The Labute approximate surface area is 715 Å². The van der Waals surface area contributed by atoms with Crippen molar-refractivity contribution in [3.05, 3.63) is 401 Å². The van der Waals surface area contributed by atoms with Crippen LogP contribution in [0.4, 0.5) is 0 Å². The number of halogens is 1. The number of hydrogen-bond donors (Lipinski definition) is 0. The normalized spacial score (nSPS) is 14.8. The van der Waals surface area contributed by atoms with E-state index in [4.69, 9.17) is 9.98 Å². The number of hydrogen-bond acceptors (Lipinski definition) is 4. The van der Waals surface area contributed by atoms with Gasteiger partial charge < -0.3 is 0 Å². The zero-order valence-electron chi connectivity index (χ0n) is 66.3. The first kappa shape index (κ1) is 67.8. The van der Waals surface area contributed by atoms with E-state index in [9.17, 15) is 0 Å². The van der Waals surface area contributed by atoms with Crippen LogP contribution in [0.15, 0.2) is 373 Å². The van der Waals surface area contributed by atoms with E-state index in [-0.39, 0.29) is 17.2 Å². The standard InChI is InChI=1S/C116H65IN4O2/c1-61(117)80-48-72-33-35-76-52-85(53-77-36-34-73(49-80)105(72)106(76)77)89-42-44-95-110-92(89)20-10-22-97(110)116(123)121-102-59-83(81-50-74-30-25-64-16-8-17-65-26-31-75(51-81)104(74)103(64)65)57-99(112(102)119-114(95)121)86-54-78-32-27-66-37-39-90(93-40-38-79(55-86)107(78)108(66)93)100-58-82(47-69-15-6-7-18-87(69)100)84-56-98(71-29-24-63-12-3-5-14-68(63)46-71)111-101(60-84)120-113(118-111)94-43-41-88(91-19-9-21-96(109(91)94)115(120)122)70-28-23-62-11-2-4-13-67(62)45-70/h2-61,101,111H,1H3. The first-order chi connectivity index (χ1) is 60.6. The highest BCUT2D eigenvalue weighted by Crippen LogP contribution is 2.51. The molecule has 26 aromatic rings. The first-order valence-electron chi connectivity index (χ1n) is 42.4. The summed E-state index contributed by atoms with van der Waals surface area (Å²) in [7, 11) is 0. The minimum absolute atomic E-state index is 0.0419. The Kier molecular flexibility index (Phi) is 13.7. The Balaban J connectivity index is 0.614. The van der Waals surface area contributed by atoms with Gasteiger partial charge in [0.05, 0.1) is 17.1 Å². The van der Waals surface area contributed by atoms with Gasteiger partial charge in [-0.05, 0) is 328 Å². The van der Waals surface area contributed by atoms with Gasteiger partial charge in [-0.25, -0.2) is 4.98 Å². The van der Waals surface area contributed by atoms with Crippen molar-refractivity contribution >= 4 is 223 Å². The van der Waals surface area contributed by atoms with Gasteiger partial charge >= 0.3 is 0 Å². The van der Waals surface area contributed by atoms with Gasteiger partial charge in [0.2, 0.25) is 0 Å². The van der Waals surface area contributed by atoms with E-state index in [1.54, 1.807) is 0 Å². The molecule has 23 aromatic carbocycles. The van der Waals surface area contributed by atoms with Crippen LogP contribution in [-0.4, -0.2) is 20.0 Å². The molecule has 3 aromatic heterocycles. The molecular formula is C116H65IN4O2. The highest BCUT2D eigenvalue weighted by atomic mass is 127. The molecule has 568 valence electrons. The third-order valence-electron chi connectivity index (χ3n) is 28.0. The SMILES string of the molecule is CC(I)c1cc2ccc3cc(-c4ccc5c6c4cccc6c(=O)n4c6cc(-c7cc8ccc9cccc%10ccc(c7)c8c9%10)cc(-c7cc8ccc9ccc(-c%10cc(C%11=CC%12C(N=c%13c%14ccc(-c%15ccc%16ccccc%16c%15)c%15cccc(c(=O)n%13%12)c%15%14)C(c%12ccc%13ccccc%13c%12)=C%11)cc%11ccccc%10%11)c%10ccc(c7)c8c9%10)c6nc54)cc4ccc(c1)c2c34. The van der Waals surface area contributed by atoms with E-state index < -0.39 is 6.04 Å². The van der Waals surface area contributed by atoms with Crippen LogP contribution in [0, 0.1) is 0 Å². The molecule has 0 fully saturated rings. The van der Waals surface area contributed by atoms with Crippen LogP contribution in [0.5, 0.6) is 0 Å². The lowest BCUT2D eigenvalue weighted by Gasteiger charge is -2.27. The van der Waals surface area contributed by atoms with Gasteiger partial charge in [-0.3, -0.25) is 23.5 Å². The average Bonchev–Trinajstić information content (AvgIpc) is 1.24. The van der Waals surface area contributed by atoms with Crippen LogP contribution < -0.4 is 16.6 Å². The van der Waals surface area contributed by atoms with Crippen LogP contribution in [0.25, 0.3) is 256 Å². The molecule has 0 saturated heterocycles. The number of benzene rings is 23. The summed E-state index contributed by atoms with van der Waals surface area (Å²) in [5.41, 5.74) is 19.0. The van der Waals surface area contributed by atoms with Crippen molar-refractivity contribution in [1.29, 1.82) is 0 Å². The third-order valence-corrected chi connectivity index (χ3v) is 28.7. The molecule has 2 aliphatic rings. The number of nitrogens with zero attached hydrogens (tertiary/aromatic N) is 4. The number of alkyl halides is 1. The van der Waals surface area contributed by atoms with Gasteiger partial charge in [0.15, 0.2) is 0 Å². The highest BCUT2D eigenvalue weighted by Gasteiger charge is 2.37. The largest absolute Gasteiger partial charge is 0.283 e. The van der Waals surface area contributed by atoms with Crippen molar-refractivity contribution in [1.82, 2.24) is 14.0 Å². The van der Waals surface area contributed by atoms with E-state index in [0.717, 1.165) is 159 Å². The maximum Gasteiger partial charge on any atom is 0.264 e. The van der Waals surface area contributed by atoms with Crippen molar-refractivity contribution < 1.29 is 0 Å². The number of allylic oxidation sites excluding steroid dienone is 2. The number of rotatable bonds is 8. The highest BCUT2D eigenvalue weighted by molar-refractivity contribution is 14.1. The minimum Gasteiger partial charge on any atom is -0.283 e. The molecule has 0 amide bonds. The predicted molar refractivity (Wildman–Crippen MR) is 526 cm³/mol. The fourth-order valence-electron chi connectivity index (χ4n) is 22.4. The molecule has 28 rings (SSSR count). The van der Waals surface area contributed by atoms with Gasteiger partial charge in [-0.15, -0.1) is 0 Å². The lowest BCUT2D eigenvalue weighted by atomic mass is 9.82. The second-order valence-electron chi connectivity index (χ2n) is 34.5. The second-order valence-corrected chi connectivity index (χ2v) is 36.3. The number of fused-ring (bicyclic) bond motifs is 11. The maximum absolute atomic E-state index is 16.1. The monoisotopic (exact) mass is 1670 g/mol. The number of aromatic nitrogens is 3. The molecule has 0 bridgehead atoms. The Bertz CT molecular complexity index is 9430. The van der Waals surface area contributed by atoms with Gasteiger partial charge in [-0.1, -0.05) is 277 Å². The summed E-state index contributed by atoms with van der Waals surface area (Å²) in [5, 5.41) is 35.9. The molecule has 3 atom stereocenters. The molecule has 3 unspecified atom stereocenters. The van der Waals surface area contributed by atoms with E-state index in [1.807, 2.05) is 27.2 Å². The Morgan fingerprint density at radius 2 is 0.724 bits per heavy atom. The Hall–Kier alpha value is -15.0.